The molecule has 0 spiro atoms. The molecule has 1 aromatic heterocycles. The van der Waals surface area contributed by atoms with Gasteiger partial charge < -0.3 is 0 Å². The number of hydrogen-bond donors (Lipinski definition) is 1. The summed E-state index contributed by atoms with van der Waals surface area (Å²) in [4.78, 5) is 10.3. The Kier molecular flexibility index (Phi) is 4.11. The third kappa shape index (κ3) is 2.84. The van der Waals surface area contributed by atoms with Gasteiger partial charge in [0.15, 0.2) is 4.21 Å². The molecule has 1 heterocycles. The third-order valence-electron chi connectivity index (χ3n) is 2.57. The molecule has 0 amide bonds. The quantitative estimate of drug-likeness (QED) is 0.652. The van der Waals surface area contributed by atoms with Crippen LogP contribution in [0.1, 0.15) is 5.56 Å². The lowest BCUT2D eigenvalue weighted by Gasteiger charge is -2.09. The molecular formula is C11H9BrN2O4S2. The Labute approximate surface area is 127 Å². The number of anilines is 1. The second-order valence-corrected chi connectivity index (χ2v) is 7.52. The van der Waals surface area contributed by atoms with Gasteiger partial charge in [0.1, 0.15) is 0 Å². The number of nitrogens with zero attached hydrogens (tertiary/aromatic N) is 1. The molecule has 0 unspecified atom stereocenters. The standard InChI is InChI=1S/C11H9BrN2O4S2/c1-7-9(3-2-4-10(7)14(15)16)13-20(17,18)11-8(12)5-6-19-11/h2-6,13H,1H3. The van der Waals surface area contributed by atoms with Crippen LogP contribution < -0.4 is 4.72 Å². The topological polar surface area (TPSA) is 89.3 Å². The lowest BCUT2D eigenvalue weighted by atomic mass is 10.2. The van der Waals surface area contributed by atoms with Gasteiger partial charge in [0.05, 0.1) is 16.2 Å². The molecule has 0 saturated carbocycles. The highest BCUT2D eigenvalue weighted by Gasteiger charge is 2.22. The molecule has 0 bridgehead atoms. The van der Waals surface area contributed by atoms with Crippen molar-refractivity contribution < 1.29 is 13.3 Å². The molecular weight excluding hydrogens is 368 g/mol. The minimum Gasteiger partial charge on any atom is -0.278 e. The number of nitro groups is 1. The highest BCUT2D eigenvalue weighted by molar-refractivity contribution is 9.10. The first-order chi connectivity index (χ1) is 9.33. The van der Waals surface area contributed by atoms with Crippen molar-refractivity contribution in [3.8, 4) is 0 Å². The zero-order chi connectivity index (χ0) is 14.9. The SMILES string of the molecule is Cc1c(NS(=O)(=O)c2sccc2Br)cccc1[N+](=O)[O-]. The predicted molar refractivity (Wildman–Crippen MR) is 80.7 cm³/mol. The van der Waals surface area contributed by atoms with E-state index in [1.165, 1.54) is 25.1 Å². The normalized spacial score (nSPS) is 11.3. The number of benzene rings is 1. The second-order valence-electron chi connectivity index (χ2n) is 3.87. The Hall–Kier alpha value is -1.45. The molecule has 2 rings (SSSR count). The maximum absolute atomic E-state index is 12.2. The summed E-state index contributed by atoms with van der Waals surface area (Å²) in [6, 6.07) is 5.88. The number of nitrogens with one attached hydrogen (secondary N) is 1. The molecule has 9 heteroatoms. The van der Waals surface area contributed by atoms with Crippen LogP contribution in [0.2, 0.25) is 0 Å². The second kappa shape index (κ2) is 5.51. The van der Waals surface area contributed by atoms with Crippen LogP contribution in [0.3, 0.4) is 0 Å². The van der Waals surface area contributed by atoms with Crippen LogP contribution in [0.25, 0.3) is 0 Å². The van der Waals surface area contributed by atoms with E-state index in [-0.39, 0.29) is 21.1 Å². The van der Waals surface area contributed by atoms with Crippen LogP contribution in [0.4, 0.5) is 11.4 Å². The molecule has 0 atom stereocenters. The molecule has 0 aliphatic rings. The van der Waals surface area contributed by atoms with E-state index in [4.69, 9.17) is 0 Å². The van der Waals surface area contributed by atoms with Gasteiger partial charge in [0.2, 0.25) is 0 Å². The van der Waals surface area contributed by atoms with Gasteiger partial charge in [-0.1, -0.05) is 6.07 Å². The summed E-state index contributed by atoms with van der Waals surface area (Å²) in [7, 11) is -3.77. The molecule has 1 N–H and O–H groups in total. The zero-order valence-corrected chi connectivity index (χ0v) is 13.4. The molecule has 0 saturated heterocycles. The van der Waals surface area contributed by atoms with Crippen LogP contribution in [0.15, 0.2) is 38.3 Å². The van der Waals surface area contributed by atoms with E-state index in [0.717, 1.165) is 11.3 Å². The number of rotatable bonds is 4. The average molecular weight is 377 g/mol. The van der Waals surface area contributed by atoms with Gasteiger partial charge in [0.25, 0.3) is 15.7 Å². The van der Waals surface area contributed by atoms with Crippen molar-refractivity contribution in [1.29, 1.82) is 0 Å². The van der Waals surface area contributed by atoms with Crippen molar-refractivity contribution in [1.82, 2.24) is 0 Å². The van der Waals surface area contributed by atoms with Crippen molar-refractivity contribution >= 4 is 48.7 Å². The third-order valence-corrected chi connectivity index (χ3v) is 6.61. The number of sulfonamides is 1. The zero-order valence-electron chi connectivity index (χ0n) is 10.2. The number of hydrogen-bond acceptors (Lipinski definition) is 5. The molecule has 0 fully saturated rings. The number of halogens is 1. The Morgan fingerprint density at radius 1 is 1.35 bits per heavy atom. The lowest BCUT2D eigenvalue weighted by Crippen LogP contribution is -2.13. The van der Waals surface area contributed by atoms with Crippen LogP contribution in [0, 0.1) is 17.0 Å². The van der Waals surface area contributed by atoms with E-state index in [1.54, 1.807) is 11.4 Å². The first-order valence-electron chi connectivity index (χ1n) is 5.33. The molecule has 1 aromatic carbocycles. The van der Waals surface area contributed by atoms with Crippen molar-refractivity contribution in [2.45, 2.75) is 11.1 Å². The van der Waals surface area contributed by atoms with E-state index < -0.39 is 14.9 Å². The lowest BCUT2D eigenvalue weighted by molar-refractivity contribution is -0.385. The average Bonchev–Trinajstić information content (AvgIpc) is 2.78. The fourth-order valence-corrected chi connectivity index (χ4v) is 5.06. The minimum atomic E-state index is -3.77. The summed E-state index contributed by atoms with van der Waals surface area (Å²) >= 11 is 4.22. The Balaban J connectivity index is 2.43. The maximum Gasteiger partial charge on any atom is 0.274 e. The number of nitro benzene ring substituents is 1. The summed E-state index contributed by atoms with van der Waals surface area (Å²) in [6.45, 7) is 1.50. The van der Waals surface area contributed by atoms with Gasteiger partial charge in [-0.15, -0.1) is 11.3 Å². The van der Waals surface area contributed by atoms with Gasteiger partial charge >= 0.3 is 0 Å². The summed E-state index contributed by atoms with van der Waals surface area (Å²) in [5.74, 6) is 0. The van der Waals surface area contributed by atoms with Gasteiger partial charge in [-0.2, -0.15) is 0 Å². The van der Waals surface area contributed by atoms with Crippen LogP contribution in [0.5, 0.6) is 0 Å². The van der Waals surface area contributed by atoms with Gasteiger partial charge in [0, 0.05) is 10.5 Å². The molecule has 6 nitrogen and oxygen atoms in total. The predicted octanol–water partition coefficient (Wildman–Crippen LogP) is 3.53. The summed E-state index contributed by atoms with van der Waals surface area (Å²) in [6.07, 6.45) is 0. The molecule has 0 aliphatic carbocycles. The van der Waals surface area contributed by atoms with Gasteiger partial charge in [-0.25, -0.2) is 8.42 Å². The fraction of sp³-hybridized carbons (Fsp3) is 0.0909. The molecule has 0 radical (unpaired) electrons. The molecule has 0 aliphatic heterocycles. The van der Waals surface area contributed by atoms with Gasteiger partial charge in [-0.3, -0.25) is 14.8 Å². The minimum absolute atomic E-state index is 0.128. The van der Waals surface area contributed by atoms with E-state index in [0.29, 0.717) is 4.47 Å². The Morgan fingerprint density at radius 2 is 2.05 bits per heavy atom. The Morgan fingerprint density at radius 3 is 2.60 bits per heavy atom. The van der Waals surface area contributed by atoms with Crippen LogP contribution >= 0.6 is 27.3 Å². The fourth-order valence-electron chi connectivity index (χ4n) is 1.59. The summed E-state index contributed by atoms with van der Waals surface area (Å²) < 4.78 is 27.4. The van der Waals surface area contributed by atoms with E-state index in [2.05, 4.69) is 20.7 Å². The van der Waals surface area contributed by atoms with Gasteiger partial charge in [-0.05, 0) is 40.4 Å². The van der Waals surface area contributed by atoms with E-state index in [9.17, 15) is 18.5 Å². The van der Waals surface area contributed by atoms with Crippen LogP contribution in [-0.4, -0.2) is 13.3 Å². The van der Waals surface area contributed by atoms with Crippen molar-refractivity contribution in [2.75, 3.05) is 4.72 Å². The monoisotopic (exact) mass is 376 g/mol. The maximum atomic E-state index is 12.2. The van der Waals surface area contributed by atoms with Crippen molar-refractivity contribution in [3.05, 3.63) is 49.8 Å². The molecule has 106 valence electrons. The molecule has 20 heavy (non-hydrogen) atoms. The first kappa shape index (κ1) is 14.9. The number of thiophene rings is 1. The largest absolute Gasteiger partial charge is 0.278 e. The highest BCUT2D eigenvalue weighted by Crippen LogP contribution is 2.31. The highest BCUT2D eigenvalue weighted by atomic mass is 79.9. The Bertz CT molecular complexity index is 770. The smallest absolute Gasteiger partial charge is 0.274 e. The van der Waals surface area contributed by atoms with Crippen molar-refractivity contribution in [2.24, 2.45) is 0 Å². The van der Waals surface area contributed by atoms with E-state index in [1.807, 2.05) is 0 Å². The summed E-state index contributed by atoms with van der Waals surface area (Å²) in [5.41, 5.74) is 0.337. The van der Waals surface area contributed by atoms with Crippen molar-refractivity contribution in [3.63, 3.8) is 0 Å². The van der Waals surface area contributed by atoms with E-state index >= 15 is 0 Å². The van der Waals surface area contributed by atoms with Crippen LogP contribution in [-0.2, 0) is 10.0 Å². The molecule has 2 aromatic rings. The first-order valence-corrected chi connectivity index (χ1v) is 8.48. The summed E-state index contributed by atoms with van der Waals surface area (Å²) in [5, 5.41) is 12.5.